The van der Waals surface area contributed by atoms with Gasteiger partial charge in [0.2, 0.25) is 0 Å². The number of halogens is 2. The third-order valence-electron chi connectivity index (χ3n) is 4.37. The Morgan fingerprint density at radius 1 is 1.09 bits per heavy atom. The van der Waals surface area contributed by atoms with Crippen molar-refractivity contribution in [2.75, 3.05) is 6.54 Å². The minimum Gasteiger partial charge on any atom is -0.296 e. The Morgan fingerprint density at radius 2 is 1.95 bits per heavy atom. The van der Waals surface area contributed by atoms with Crippen molar-refractivity contribution in [3.05, 3.63) is 53.9 Å². The Bertz CT molecular complexity index is 657. The van der Waals surface area contributed by atoms with Crippen molar-refractivity contribution >= 4 is 0 Å². The number of benzene rings is 1. The van der Waals surface area contributed by atoms with E-state index in [1.165, 1.54) is 25.3 Å². The SMILES string of the molecule is CC1CCCCN1Cc1cncc(-c2ccc(F)c(F)c2)c1. The van der Waals surface area contributed by atoms with Crippen molar-refractivity contribution in [1.82, 2.24) is 9.88 Å². The molecule has 1 aromatic carbocycles. The van der Waals surface area contributed by atoms with Crippen LogP contribution < -0.4 is 0 Å². The second-order valence-electron chi connectivity index (χ2n) is 6.03. The molecular weight excluding hydrogens is 282 g/mol. The van der Waals surface area contributed by atoms with Gasteiger partial charge < -0.3 is 0 Å². The van der Waals surface area contributed by atoms with Crippen molar-refractivity contribution in [2.45, 2.75) is 38.8 Å². The third-order valence-corrected chi connectivity index (χ3v) is 4.37. The largest absolute Gasteiger partial charge is 0.296 e. The fourth-order valence-corrected chi connectivity index (χ4v) is 3.03. The van der Waals surface area contributed by atoms with Gasteiger partial charge in [0, 0.05) is 30.5 Å². The Balaban J connectivity index is 1.81. The van der Waals surface area contributed by atoms with E-state index in [1.54, 1.807) is 12.3 Å². The molecule has 0 N–H and O–H groups in total. The summed E-state index contributed by atoms with van der Waals surface area (Å²) in [5.41, 5.74) is 2.58. The van der Waals surface area contributed by atoms with Gasteiger partial charge in [-0.15, -0.1) is 0 Å². The Kier molecular flexibility index (Phi) is 4.48. The zero-order chi connectivity index (χ0) is 15.5. The van der Waals surface area contributed by atoms with E-state index in [1.807, 2.05) is 12.3 Å². The van der Waals surface area contributed by atoms with E-state index in [4.69, 9.17) is 0 Å². The smallest absolute Gasteiger partial charge is 0.159 e. The monoisotopic (exact) mass is 302 g/mol. The lowest BCUT2D eigenvalue weighted by molar-refractivity contribution is 0.152. The average Bonchev–Trinajstić information content (AvgIpc) is 2.53. The summed E-state index contributed by atoms with van der Waals surface area (Å²) in [5, 5.41) is 0. The molecule has 0 saturated carbocycles. The first-order valence-electron chi connectivity index (χ1n) is 7.77. The molecule has 1 aliphatic rings. The minimum atomic E-state index is -0.826. The number of likely N-dealkylation sites (tertiary alicyclic amines) is 1. The topological polar surface area (TPSA) is 16.1 Å². The highest BCUT2D eigenvalue weighted by atomic mass is 19.2. The molecule has 2 nitrogen and oxygen atoms in total. The van der Waals surface area contributed by atoms with Crippen LogP contribution in [0.1, 0.15) is 31.7 Å². The summed E-state index contributed by atoms with van der Waals surface area (Å²) in [6.45, 7) is 4.22. The van der Waals surface area contributed by atoms with Crippen molar-refractivity contribution < 1.29 is 8.78 Å². The molecule has 1 atom stereocenters. The van der Waals surface area contributed by atoms with Crippen LogP contribution in [0.2, 0.25) is 0 Å². The van der Waals surface area contributed by atoms with E-state index in [2.05, 4.69) is 16.8 Å². The summed E-state index contributed by atoms with van der Waals surface area (Å²) < 4.78 is 26.4. The molecule has 1 aliphatic heterocycles. The quantitative estimate of drug-likeness (QED) is 0.835. The zero-order valence-electron chi connectivity index (χ0n) is 12.7. The number of piperidine rings is 1. The molecule has 4 heteroatoms. The van der Waals surface area contributed by atoms with Crippen molar-refractivity contribution in [1.29, 1.82) is 0 Å². The highest BCUT2D eigenvalue weighted by Gasteiger charge is 2.18. The number of nitrogens with zero attached hydrogens (tertiary/aromatic N) is 2. The van der Waals surface area contributed by atoms with E-state index >= 15 is 0 Å². The molecule has 3 rings (SSSR count). The molecule has 1 unspecified atom stereocenters. The van der Waals surface area contributed by atoms with Crippen LogP contribution in [-0.4, -0.2) is 22.5 Å². The molecule has 0 aliphatic carbocycles. The van der Waals surface area contributed by atoms with Gasteiger partial charge in [-0.1, -0.05) is 12.5 Å². The average molecular weight is 302 g/mol. The van der Waals surface area contributed by atoms with Crippen LogP contribution in [0.4, 0.5) is 8.78 Å². The predicted molar refractivity (Wildman–Crippen MR) is 83.3 cm³/mol. The molecule has 116 valence electrons. The molecule has 2 aromatic rings. The molecule has 22 heavy (non-hydrogen) atoms. The van der Waals surface area contributed by atoms with Gasteiger partial charge >= 0.3 is 0 Å². The van der Waals surface area contributed by atoms with Crippen molar-refractivity contribution in [3.63, 3.8) is 0 Å². The van der Waals surface area contributed by atoms with Crippen molar-refractivity contribution in [2.24, 2.45) is 0 Å². The first-order chi connectivity index (χ1) is 10.6. The molecule has 0 amide bonds. The minimum absolute atomic E-state index is 0.584. The molecule has 0 radical (unpaired) electrons. The molecule has 1 saturated heterocycles. The van der Waals surface area contributed by atoms with Gasteiger partial charge in [-0.3, -0.25) is 9.88 Å². The molecule has 0 spiro atoms. The lowest BCUT2D eigenvalue weighted by Gasteiger charge is -2.33. The van der Waals surface area contributed by atoms with Gasteiger partial charge in [-0.2, -0.15) is 0 Å². The normalized spacial score (nSPS) is 19.3. The second kappa shape index (κ2) is 6.53. The maximum Gasteiger partial charge on any atom is 0.159 e. The third kappa shape index (κ3) is 3.33. The standard InChI is InChI=1S/C18H20F2N2/c1-13-4-2-3-7-22(13)12-14-8-16(11-21-10-14)15-5-6-17(19)18(20)9-15/h5-6,8-11,13H,2-4,7,12H2,1H3. The summed E-state index contributed by atoms with van der Waals surface area (Å²) in [6.07, 6.45) is 7.31. The molecular formula is C18H20F2N2. The molecule has 2 heterocycles. The van der Waals surface area contributed by atoms with Gasteiger partial charge in [0.25, 0.3) is 0 Å². The van der Waals surface area contributed by atoms with E-state index in [0.717, 1.165) is 30.3 Å². The lowest BCUT2D eigenvalue weighted by Crippen LogP contribution is -2.36. The van der Waals surface area contributed by atoms with Crippen LogP contribution in [0.15, 0.2) is 36.7 Å². The summed E-state index contributed by atoms with van der Waals surface area (Å²) in [6, 6.07) is 6.56. The van der Waals surface area contributed by atoms with Crippen molar-refractivity contribution in [3.8, 4) is 11.1 Å². The van der Waals surface area contributed by atoms with E-state index in [0.29, 0.717) is 11.6 Å². The zero-order valence-corrected chi connectivity index (χ0v) is 12.7. The maximum atomic E-state index is 13.4. The van der Waals surface area contributed by atoms with Crippen LogP contribution in [-0.2, 0) is 6.54 Å². The molecule has 1 aromatic heterocycles. The summed E-state index contributed by atoms with van der Waals surface area (Å²) in [7, 11) is 0. The van der Waals surface area contributed by atoms with Crippen LogP contribution >= 0.6 is 0 Å². The number of hydrogen-bond donors (Lipinski definition) is 0. The maximum absolute atomic E-state index is 13.4. The van der Waals surface area contributed by atoms with Gasteiger partial charge in [0.05, 0.1) is 0 Å². The number of aromatic nitrogens is 1. The van der Waals surface area contributed by atoms with Gasteiger partial charge in [-0.25, -0.2) is 8.78 Å². The number of rotatable bonds is 3. The molecule has 1 fully saturated rings. The van der Waals surface area contributed by atoms with Gasteiger partial charge in [0.15, 0.2) is 11.6 Å². The fourth-order valence-electron chi connectivity index (χ4n) is 3.03. The van der Waals surface area contributed by atoms with Gasteiger partial charge in [-0.05, 0) is 55.6 Å². The van der Waals surface area contributed by atoms with Crippen LogP contribution in [0.3, 0.4) is 0 Å². The van der Waals surface area contributed by atoms with E-state index < -0.39 is 11.6 Å². The Hall–Kier alpha value is -1.81. The van der Waals surface area contributed by atoms with E-state index in [9.17, 15) is 8.78 Å². The van der Waals surface area contributed by atoms with Crippen LogP contribution in [0, 0.1) is 11.6 Å². The van der Waals surface area contributed by atoms with Crippen LogP contribution in [0.5, 0.6) is 0 Å². The highest BCUT2D eigenvalue weighted by Crippen LogP contribution is 2.24. The lowest BCUT2D eigenvalue weighted by atomic mass is 10.0. The first kappa shape index (κ1) is 15.1. The van der Waals surface area contributed by atoms with Crippen LogP contribution in [0.25, 0.3) is 11.1 Å². The molecule has 0 bridgehead atoms. The second-order valence-corrected chi connectivity index (χ2v) is 6.03. The highest BCUT2D eigenvalue weighted by molar-refractivity contribution is 5.63. The van der Waals surface area contributed by atoms with Gasteiger partial charge in [0.1, 0.15) is 0 Å². The Morgan fingerprint density at radius 3 is 2.73 bits per heavy atom. The first-order valence-corrected chi connectivity index (χ1v) is 7.77. The Labute approximate surface area is 129 Å². The summed E-state index contributed by atoms with van der Waals surface area (Å²) in [4.78, 5) is 6.71. The predicted octanol–water partition coefficient (Wildman–Crippen LogP) is 4.40. The summed E-state index contributed by atoms with van der Waals surface area (Å²) >= 11 is 0. The number of pyridine rings is 1. The number of hydrogen-bond acceptors (Lipinski definition) is 2. The fraction of sp³-hybridized carbons (Fsp3) is 0.389. The van der Waals surface area contributed by atoms with E-state index in [-0.39, 0.29) is 0 Å². The summed E-state index contributed by atoms with van der Waals surface area (Å²) in [5.74, 6) is -1.65.